The average molecular weight is 483 g/mol. The summed E-state index contributed by atoms with van der Waals surface area (Å²) in [5, 5.41) is 2.67. The minimum atomic E-state index is -0.472. The molecule has 1 fully saturated rings. The summed E-state index contributed by atoms with van der Waals surface area (Å²) in [5.41, 5.74) is 1.76. The molecule has 0 bridgehead atoms. The Kier molecular flexibility index (Phi) is 6.59. The summed E-state index contributed by atoms with van der Waals surface area (Å²) in [6.45, 7) is 0.398. The largest absolute Gasteiger partial charge is 0.496 e. The number of Topliss-reactive ketones (excluding diaryl/α,β-unsaturated/α-hetero) is 1. The van der Waals surface area contributed by atoms with E-state index in [2.05, 4.69) is 4.98 Å². The third-order valence-corrected chi connectivity index (χ3v) is 7.97. The van der Waals surface area contributed by atoms with Crippen LogP contribution in [0.5, 0.6) is 17.2 Å². The Bertz CT molecular complexity index is 1100. The number of ether oxygens (including phenoxy) is 3. The van der Waals surface area contributed by atoms with Gasteiger partial charge in [0.1, 0.15) is 5.75 Å². The van der Waals surface area contributed by atoms with Crippen molar-refractivity contribution in [1.82, 2.24) is 9.88 Å². The topological polar surface area (TPSA) is 78.0 Å². The number of methoxy groups -OCH3 is 2. The monoisotopic (exact) mass is 482 g/mol. The SMILES string of the molecule is COc1ccc(OC)c2c1CC1=C(O2)C(=O)N([C@@H](CC2CCCCC2)C(=O)Cc2nccs2)C1. The van der Waals surface area contributed by atoms with Gasteiger partial charge < -0.3 is 19.1 Å². The molecule has 3 heterocycles. The van der Waals surface area contributed by atoms with Crippen molar-refractivity contribution in [2.45, 2.75) is 57.4 Å². The average Bonchev–Trinajstić information content (AvgIpc) is 3.49. The van der Waals surface area contributed by atoms with Crippen LogP contribution in [-0.4, -0.2) is 48.4 Å². The number of rotatable bonds is 8. The summed E-state index contributed by atoms with van der Waals surface area (Å²) in [6.07, 6.45) is 9.09. The molecule has 180 valence electrons. The Morgan fingerprint density at radius 3 is 2.68 bits per heavy atom. The zero-order chi connectivity index (χ0) is 23.7. The van der Waals surface area contributed by atoms with Gasteiger partial charge in [0.05, 0.1) is 31.7 Å². The smallest absolute Gasteiger partial charge is 0.290 e. The number of thiazole rings is 1. The van der Waals surface area contributed by atoms with E-state index in [1.807, 2.05) is 11.4 Å². The fourth-order valence-electron chi connectivity index (χ4n) is 5.45. The van der Waals surface area contributed by atoms with Gasteiger partial charge in [-0.1, -0.05) is 32.1 Å². The van der Waals surface area contributed by atoms with E-state index in [9.17, 15) is 9.59 Å². The highest BCUT2D eigenvalue weighted by atomic mass is 32.1. The zero-order valence-electron chi connectivity index (χ0n) is 19.7. The molecule has 7 nitrogen and oxygen atoms in total. The summed E-state index contributed by atoms with van der Waals surface area (Å²) in [6, 6.07) is 3.16. The Morgan fingerprint density at radius 2 is 1.97 bits per heavy atom. The summed E-state index contributed by atoms with van der Waals surface area (Å²) in [7, 11) is 3.20. The molecule has 0 spiro atoms. The molecule has 5 rings (SSSR count). The molecule has 1 aromatic heterocycles. The number of fused-ring (bicyclic) bond motifs is 1. The number of carbonyl (C=O) groups excluding carboxylic acids is 2. The molecule has 0 N–H and O–H groups in total. The van der Waals surface area contributed by atoms with E-state index in [-0.39, 0.29) is 18.1 Å². The molecule has 1 aromatic carbocycles. The quantitative estimate of drug-likeness (QED) is 0.557. The van der Waals surface area contributed by atoms with Gasteiger partial charge in [-0.05, 0) is 24.5 Å². The van der Waals surface area contributed by atoms with E-state index in [1.165, 1.54) is 30.6 Å². The Labute approximate surface area is 203 Å². The van der Waals surface area contributed by atoms with Gasteiger partial charge in [0.25, 0.3) is 5.91 Å². The molecular formula is C26H30N2O5S. The summed E-state index contributed by atoms with van der Waals surface area (Å²) >= 11 is 1.48. The fourth-order valence-corrected chi connectivity index (χ4v) is 6.07. The molecule has 3 aliphatic rings. The molecule has 1 atom stereocenters. The summed E-state index contributed by atoms with van der Waals surface area (Å²) < 4.78 is 17.2. The van der Waals surface area contributed by atoms with Gasteiger partial charge in [-0.2, -0.15) is 0 Å². The number of hydrogen-bond donors (Lipinski definition) is 0. The van der Waals surface area contributed by atoms with Crippen LogP contribution in [0.4, 0.5) is 0 Å². The third-order valence-electron chi connectivity index (χ3n) is 7.19. The second-order valence-corrected chi connectivity index (χ2v) is 10.2. The zero-order valence-corrected chi connectivity index (χ0v) is 20.5. The van der Waals surface area contributed by atoms with Crippen LogP contribution < -0.4 is 14.2 Å². The van der Waals surface area contributed by atoms with Crippen molar-refractivity contribution >= 4 is 23.0 Å². The molecule has 0 unspecified atom stereocenters. The van der Waals surface area contributed by atoms with Crippen molar-refractivity contribution in [3.05, 3.63) is 45.6 Å². The maximum atomic E-state index is 13.6. The van der Waals surface area contributed by atoms with E-state index in [0.717, 1.165) is 29.0 Å². The molecule has 0 saturated heterocycles. The number of hydrogen-bond acceptors (Lipinski definition) is 7. The molecule has 34 heavy (non-hydrogen) atoms. The number of ketones is 1. The lowest BCUT2D eigenvalue weighted by atomic mass is 9.83. The van der Waals surface area contributed by atoms with Gasteiger partial charge >= 0.3 is 0 Å². The highest BCUT2D eigenvalue weighted by Crippen LogP contribution is 2.45. The Hall–Kier alpha value is -2.87. The predicted octanol–water partition coefficient (Wildman–Crippen LogP) is 4.34. The van der Waals surface area contributed by atoms with Crippen LogP contribution in [0.1, 0.15) is 49.1 Å². The summed E-state index contributed by atoms with van der Waals surface area (Å²) in [5.74, 6) is 2.42. The van der Waals surface area contributed by atoms with E-state index >= 15 is 0 Å². The van der Waals surface area contributed by atoms with Crippen molar-refractivity contribution in [1.29, 1.82) is 0 Å². The lowest BCUT2D eigenvalue weighted by molar-refractivity contribution is -0.136. The van der Waals surface area contributed by atoms with E-state index in [4.69, 9.17) is 14.2 Å². The van der Waals surface area contributed by atoms with Gasteiger partial charge in [0.2, 0.25) is 0 Å². The number of carbonyl (C=O) groups is 2. The predicted molar refractivity (Wildman–Crippen MR) is 128 cm³/mol. The third kappa shape index (κ3) is 4.31. The van der Waals surface area contributed by atoms with Crippen LogP contribution in [0.3, 0.4) is 0 Å². The molecule has 1 saturated carbocycles. The summed E-state index contributed by atoms with van der Waals surface area (Å²) in [4.78, 5) is 33.2. The van der Waals surface area contributed by atoms with E-state index in [0.29, 0.717) is 48.3 Å². The van der Waals surface area contributed by atoms with Crippen LogP contribution in [0, 0.1) is 5.92 Å². The van der Waals surface area contributed by atoms with Gasteiger partial charge in [-0.25, -0.2) is 4.98 Å². The van der Waals surface area contributed by atoms with Crippen LogP contribution in [0.25, 0.3) is 0 Å². The van der Waals surface area contributed by atoms with Crippen LogP contribution in [0.15, 0.2) is 35.0 Å². The molecule has 2 aliphatic heterocycles. The fraction of sp³-hybridized carbons (Fsp3) is 0.500. The maximum absolute atomic E-state index is 13.6. The van der Waals surface area contributed by atoms with Crippen molar-refractivity contribution in [2.24, 2.45) is 5.92 Å². The van der Waals surface area contributed by atoms with Crippen LogP contribution in [0.2, 0.25) is 0 Å². The van der Waals surface area contributed by atoms with Crippen molar-refractivity contribution in [3.63, 3.8) is 0 Å². The maximum Gasteiger partial charge on any atom is 0.290 e. The van der Waals surface area contributed by atoms with E-state index in [1.54, 1.807) is 31.4 Å². The number of nitrogens with zero attached hydrogens (tertiary/aromatic N) is 2. The van der Waals surface area contributed by atoms with Crippen molar-refractivity contribution in [3.8, 4) is 17.2 Å². The first-order valence-electron chi connectivity index (χ1n) is 11.9. The Morgan fingerprint density at radius 1 is 1.21 bits per heavy atom. The standard InChI is InChI=1S/C26H30N2O5S/c1-31-21-8-9-22(32-2)25-18(21)13-17-15-28(26(30)24(17)33-25)19(12-16-6-4-3-5-7-16)20(29)14-23-27-10-11-34-23/h8-11,16,19H,3-7,12-15H2,1-2H3/t19-/m0/s1. The van der Waals surface area contributed by atoms with Crippen LogP contribution >= 0.6 is 11.3 Å². The molecule has 1 aliphatic carbocycles. The minimum Gasteiger partial charge on any atom is -0.496 e. The molecular weight excluding hydrogens is 452 g/mol. The highest BCUT2D eigenvalue weighted by molar-refractivity contribution is 7.09. The second-order valence-electron chi connectivity index (χ2n) is 9.25. The van der Waals surface area contributed by atoms with Gasteiger partial charge in [0.15, 0.2) is 23.0 Å². The van der Waals surface area contributed by atoms with Gasteiger partial charge in [-0.3, -0.25) is 9.59 Å². The number of aromatic nitrogens is 1. The van der Waals surface area contributed by atoms with Crippen molar-refractivity contribution < 1.29 is 23.8 Å². The second kappa shape index (κ2) is 9.78. The van der Waals surface area contributed by atoms with Gasteiger partial charge in [0, 0.05) is 35.7 Å². The minimum absolute atomic E-state index is 0.0568. The first-order valence-corrected chi connectivity index (χ1v) is 12.8. The molecule has 8 heteroatoms. The molecule has 1 amide bonds. The molecule has 2 aromatic rings. The van der Waals surface area contributed by atoms with Gasteiger partial charge in [-0.15, -0.1) is 11.3 Å². The molecule has 0 radical (unpaired) electrons. The normalized spacial score (nSPS) is 18.9. The number of benzene rings is 1. The lowest BCUT2D eigenvalue weighted by Crippen LogP contribution is -2.45. The first kappa shape index (κ1) is 22.9. The highest BCUT2D eigenvalue weighted by Gasteiger charge is 2.43. The van der Waals surface area contributed by atoms with Crippen LogP contribution in [-0.2, 0) is 22.4 Å². The number of amides is 1. The van der Waals surface area contributed by atoms with E-state index < -0.39 is 6.04 Å². The first-order chi connectivity index (χ1) is 16.6. The lowest BCUT2D eigenvalue weighted by Gasteiger charge is -2.31. The Balaban J connectivity index is 1.41. The van der Waals surface area contributed by atoms with Crippen molar-refractivity contribution in [2.75, 3.05) is 20.8 Å².